The number of likely N-dealkylation sites (tertiary alicyclic amines) is 1. The lowest BCUT2D eigenvalue weighted by Crippen LogP contribution is -2.28. The number of carbonyl (C=O) groups is 1. The number of aromatic nitrogens is 2. The van der Waals surface area contributed by atoms with Gasteiger partial charge in [0.15, 0.2) is 0 Å². The Bertz CT molecular complexity index is 686. The number of pyridine rings is 2. The summed E-state index contributed by atoms with van der Waals surface area (Å²) >= 11 is 0. The van der Waals surface area contributed by atoms with E-state index in [9.17, 15) is 4.79 Å². The molecule has 0 aromatic carbocycles. The van der Waals surface area contributed by atoms with E-state index >= 15 is 0 Å². The van der Waals surface area contributed by atoms with E-state index in [1.54, 1.807) is 13.1 Å². The smallest absolute Gasteiger partial charge is 0.219 e. The molecule has 3 heterocycles. The van der Waals surface area contributed by atoms with Gasteiger partial charge in [0.25, 0.3) is 0 Å². The molecule has 0 aliphatic carbocycles. The second kappa shape index (κ2) is 6.13. The van der Waals surface area contributed by atoms with E-state index in [4.69, 9.17) is 0 Å². The fraction of sp³-hybridized carbons (Fsp3) is 0.353. The Morgan fingerprint density at radius 1 is 1.32 bits per heavy atom. The molecule has 0 unspecified atom stereocenters. The van der Waals surface area contributed by atoms with Crippen molar-refractivity contribution >= 4 is 17.5 Å². The largest absolute Gasteiger partial charge is 0.336 e. The zero-order valence-electron chi connectivity index (χ0n) is 12.9. The van der Waals surface area contributed by atoms with Crippen LogP contribution < -0.4 is 5.32 Å². The first-order valence-electron chi connectivity index (χ1n) is 7.57. The molecule has 0 spiro atoms. The number of rotatable bonds is 3. The van der Waals surface area contributed by atoms with Crippen LogP contribution in [0.4, 0.5) is 11.6 Å². The fourth-order valence-corrected chi connectivity index (χ4v) is 2.96. The number of aryl methyl sites for hydroxylation is 1. The van der Waals surface area contributed by atoms with Gasteiger partial charge in [-0.05, 0) is 49.6 Å². The molecule has 1 saturated heterocycles. The van der Waals surface area contributed by atoms with Gasteiger partial charge in [0, 0.05) is 25.4 Å². The number of hydrogen-bond acceptors (Lipinski definition) is 4. The van der Waals surface area contributed by atoms with Gasteiger partial charge in [0.2, 0.25) is 5.91 Å². The molecule has 1 atom stereocenters. The minimum Gasteiger partial charge on any atom is -0.336 e. The Kier molecular flexibility index (Phi) is 4.04. The van der Waals surface area contributed by atoms with Gasteiger partial charge in [0.05, 0.1) is 6.04 Å². The summed E-state index contributed by atoms with van der Waals surface area (Å²) in [5.41, 5.74) is 2.08. The molecular weight excluding hydrogens is 276 g/mol. The van der Waals surface area contributed by atoms with Crippen LogP contribution in [-0.2, 0) is 4.79 Å². The average molecular weight is 296 g/mol. The number of amides is 1. The lowest BCUT2D eigenvalue weighted by molar-refractivity contribution is -0.129. The first-order valence-corrected chi connectivity index (χ1v) is 7.57. The molecule has 1 aliphatic heterocycles. The van der Waals surface area contributed by atoms with E-state index in [2.05, 4.69) is 15.3 Å². The zero-order valence-corrected chi connectivity index (χ0v) is 12.9. The Morgan fingerprint density at radius 2 is 2.18 bits per heavy atom. The van der Waals surface area contributed by atoms with Crippen LogP contribution >= 0.6 is 0 Å². The summed E-state index contributed by atoms with van der Waals surface area (Å²) in [6, 6.07) is 9.99. The average Bonchev–Trinajstić information content (AvgIpc) is 2.97. The maximum absolute atomic E-state index is 11.7. The number of nitrogens with one attached hydrogen (secondary N) is 1. The quantitative estimate of drug-likeness (QED) is 0.945. The van der Waals surface area contributed by atoms with Gasteiger partial charge in [-0.1, -0.05) is 6.07 Å². The summed E-state index contributed by atoms with van der Waals surface area (Å²) in [5, 5.41) is 3.23. The molecule has 2 aromatic heterocycles. The minimum absolute atomic E-state index is 0.133. The molecular formula is C17H20N4O. The van der Waals surface area contributed by atoms with E-state index < -0.39 is 0 Å². The van der Waals surface area contributed by atoms with Crippen LogP contribution in [0, 0.1) is 6.92 Å². The van der Waals surface area contributed by atoms with Crippen molar-refractivity contribution in [2.75, 3.05) is 11.9 Å². The topological polar surface area (TPSA) is 58.1 Å². The summed E-state index contributed by atoms with van der Waals surface area (Å²) < 4.78 is 0. The predicted octanol–water partition coefficient (Wildman–Crippen LogP) is 3.21. The molecule has 1 fully saturated rings. The van der Waals surface area contributed by atoms with Crippen molar-refractivity contribution in [3.8, 4) is 0 Å². The molecule has 1 N–H and O–H groups in total. The number of anilines is 2. The molecule has 3 rings (SSSR count). The predicted molar refractivity (Wildman–Crippen MR) is 85.9 cm³/mol. The molecule has 2 aromatic rings. The number of nitrogens with zero attached hydrogens (tertiary/aromatic N) is 3. The molecule has 1 amide bonds. The van der Waals surface area contributed by atoms with Crippen molar-refractivity contribution in [3.63, 3.8) is 0 Å². The summed E-state index contributed by atoms with van der Waals surface area (Å²) in [6.07, 6.45) is 3.84. The summed E-state index contributed by atoms with van der Waals surface area (Å²) in [4.78, 5) is 22.4. The van der Waals surface area contributed by atoms with Crippen LogP contribution in [-0.4, -0.2) is 27.3 Å². The van der Waals surface area contributed by atoms with E-state index in [1.807, 2.05) is 42.2 Å². The highest BCUT2D eigenvalue weighted by Crippen LogP contribution is 2.32. The van der Waals surface area contributed by atoms with Crippen LogP contribution in [0.1, 0.15) is 37.1 Å². The molecule has 1 aliphatic rings. The van der Waals surface area contributed by atoms with Crippen LogP contribution in [0.25, 0.3) is 0 Å². The van der Waals surface area contributed by atoms with Gasteiger partial charge < -0.3 is 10.2 Å². The SMILES string of the molecule is CC(=O)N1CCC[C@H]1c1ccnc(Nc2cccc(C)n2)c1. The Hall–Kier alpha value is -2.43. The standard InChI is InChI=1S/C17H20N4O/c1-12-5-3-7-16(19-12)20-17-11-14(8-9-18-17)15-6-4-10-21(15)13(2)22/h3,5,7-9,11,15H,4,6,10H2,1-2H3,(H,18,19,20)/t15-/m0/s1. The molecule has 22 heavy (non-hydrogen) atoms. The van der Waals surface area contributed by atoms with Crippen molar-refractivity contribution in [2.45, 2.75) is 32.7 Å². The van der Waals surface area contributed by atoms with Crippen LogP contribution in [0.3, 0.4) is 0 Å². The third-order valence-electron chi connectivity index (χ3n) is 3.97. The lowest BCUT2D eigenvalue weighted by Gasteiger charge is -2.23. The van der Waals surface area contributed by atoms with Crippen LogP contribution in [0.15, 0.2) is 36.5 Å². The van der Waals surface area contributed by atoms with Gasteiger partial charge in [-0.25, -0.2) is 9.97 Å². The Morgan fingerprint density at radius 3 is 2.95 bits per heavy atom. The van der Waals surface area contributed by atoms with Crippen molar-refractivity contribution < 1.29 is 4.79 Å². The maximum Gasteiger partial charge on any atom is 0.219 e. The summed E-state index contributed by atoms with van der Waals surface area (Å²) in [6.45, 7) is 4.43. The number of hydrogen-bond donors (Lipinski definition) is 1. The molecule has 0 saturated carbocycles. The molecule has 0 radical (unpaired) electrons. The zero-order chi connectivity index (χ0) is 15.5. The van der Waals surface area contributed by atoms with Gasteiger partial charge in [-0.3, -0.25) is 4.79 Å². The van der Waals surface area contributed by atoms with Crippen molar-refractivity contribution in [2.24, 2.45) is 0 Å². The highest BCUT2D eigenvalue weighted by molar-refractivity contribution is 5.74. The monoisotopic (exact) mass is 296 g/mol. The van der Waals surface area contributed by atoms with Crippen molar-refractivity contribution in [1.82, 2.24) is 14.9 Å². The summed E-state index contributed by atoms with van der Waals surface area (Å²) in [5.74, 6) is 1.67. The molecule has 5 nitrogen and oxygen atoms in total. The minimum atomic E-state index is 0.133. The van der Waals surface area contributed by atoms with Crippen molar-refractivity contribution in [3.05, 3.63) is 47.8 Å². The molecule has 5 heteroatoms. The van der Waals surface area contributed by atoms with Gasteiger partial charge in [0.1, 0.15) is 11.6 Å². The van der Waals surface area contributed by atoms with E-state index in [0.717, 1.165) is 42.3 Å². The van der Waals surface area contributed by atoms with Gasteiger partial charge in [-0.15, -0.1) is 0 Å². The second-order valence-electron chi connectivity index (χ2n) is 5.63. The normalized spacial score (nSPS) is 17.5. The second-order valence-corrected chi connectivity index (χ2v) is 5.63. The van der Waals surface area contributed by atoms with Crippen LogP contribution in [0.2, 0.25) is 0 Å². The fourth-order valence-electron chi connectivity index (χ4n) is 2.96. The van der Waals surface area contributed by atoms with Crippen LogP contribution in [0.5, 0.6) is 0 Å². The van der Waals surface area contributed by atoms with Crippen molar-refractivity contribution in [1.29, 1.82) is 0 Å². The Balaban J connectivity index is 1.82. The number of carbonyl (C=O) groups excluding carboxylic acids is 1. The molecule has 114 valence electrons. The first kappa shape index (κ1) is 14.5. The third kappa shape index (κ3) is 3.08. The third-order valence-corrected chi connectivity index (χ3v) is 3.97. The molecule has 0 bridgehead atoms. The Labute approximate surface area is 130 Å². The maximum atomic E-state index is 11.7. The van der Waals surface area contributed by atoms with E-state index in [-0.39, 0.29) is 11.9 Å². The highest BCUT2D eigenvalue weighted by Gasteiger charge is 2.27. The van der Waals surface area contributed by atoms with Gasteiger partial charge in [-0.2, -0.15) is 0 Å². The van der Waals surface area contributed by atoms with E-state index in [1.165, 1.54) is 0 Å². The summed E-state index contributed by atoms with van der Waals surface area (Å²) in [7, 11) is 0. The lowest BCUT2D eigenvalue weighted by atomic mass is 10.1. The first-order chi connectivity index (χ1) is 10.6. The highest BCUT2D eigenvalue weighted by atomic mass is 16.2. The van der Waals surface area contributed by atoms with Gasteiger partial charge >= 0.3 is 0 Å². The van der Waals surface area contributed by atoms with E-state index in [0.29, 0.717) is 0 Å².